The SMILES string of the molecule is CCC[C@H]1CN(Cc2ccnc(C(C)C)n2)C[C@@H]1NC(=O)CSC. The summed E-state index contributed by atoms with van der Waals surface area (Å²) in [7, 11) is 0. The van der Waals surface area contributed by atoms with E-state index in [-0.39, 0.29) is 11.9 Å². The Kier molecular flexibility index (Phi) is 7.49. The molecule has 0 unspecified atom stereocenters. The van der Waals surface area contributed by atoms with E-state index in [9.17, 15) is 4.79 Å². The molecule has 0 saturated carbocycles. The highest BCUT2D eigenvalue weighted by molar-refractivity contribution is 7.99. The van der Waals surface area contributed by atoms with Crippen LogP contribution in [0.4, 0.5) is 0 Å². The molecule has 0 bridgehead atoms. The zero-order valence-electron chi connectivity index (χ0n) is 15.3. The number of thioether (sulfide) groups is 1. The van der Waals surface area contributed by atoms with E-state index in [0.717, 1.165) is 44.0 Å². The summed E-state index contributed by atoms with van der Waals surface area (Å²) in [6, 6.07) is 2.26. The van der Waals surface area contributed by atoms with Crippen LogP contribution >= 0.6 is 11.8 Å². The highest BCUT2D eigenvalue weighted by atomic mass is 32.2. The topological polar surface area (TPSA) is 58.1 Å². The second kappa shape index (κ2) is 9.37. The fourth-order valence-electron chi connectivity index (χ4n) is 3.30. The van der Waals surface area contributed by atoms with Gasteiger partial charge in [-0.3, -0.25) is 9.69 Å². The van der Waals surface area contributed by atoms with E-state index in [0.29, 0.717) is 17.6 Å². The third kappa shape index (κ3) is 5.45. The lowest BCUT2D eigenvalue weighted by atomic mass is 9.98. The number of hydrogen-bond donors (Lipinski definition) is 1. The lowest BCUT2D eigenvalue weighted by molar-refractivity contribution is -0.119. The van der Waals surface area contributed by atoms with Gasteiger partial charge in [-0.2, -0.15) is 11.8 Å². The van der Waals surface area contributed by atoms with Gasteiger partial charge in [-0.1, -0.05) is 27.2 Å². The number of amides is 1. The predicted molar refractivity (Wildman–Crippen MR) is 100 cm³/mol. The van der Waals surface area contributed by atoms with Crippen molar-refractivity contribution in [2.75, 3.05) is 25.1 Å². The fourth-order valence-corrected chi connectivity index (χ4v) is 3.65. The molecule has 5 nitrogen and oxygen atoms in total. The summed E-state index contributed by atoms with van der Waals surface area (Å²) in [6.45, 7) is 9.21. The molecular weight excluding hydrogens is 320 g/mol. The predicted octanol–water partition coefficient (Wildman–Crippen LogP) is 2.68. The van der Waals surface area contributed by atoms with Gasteiger partial charge in [0.05, 0.1) is 11.4 Å². The maximum Gasteiger partial charge on any atom is 0.230 e. The molecule has 2 rings (SSSR count). The third-order valence-corrected chi connectivity index (χ3v) is 4.98. The summed E-state index contributed by atoms with van der Waals surface area (Å²) in [5.74, 6) is 2.47. The van der Waals surface area contributed by atoms with E-state index in [2.05, 4.69) is 41.0 Å². The number of hydrogen-bond acceptors (Lipinski definition) is 5. The van der Waals surface area contributed by atoms with Crippen LogP contribution in [0.25, 0.3) is 0 Å². The highest BCUT2D eigenvalue weighted by Gasteiger charge is 2.33. The number of rotatable bonds is 8. The van der Waals surface area contributed by atoms with E-state index in [1.165, 1.54) is 0 Å². The monoisotopic (exact) mass is 350 g/mol. The van der Waals surface area contributed by atoms with Gasteiger partial charge in [-0.05, 0) is 24.7 Å². The summed E-state index contributed by atoms with van der Waals surface area (Å²) in [4.78, 5) is 23.4. The number of likely N-dealkylation sites (tertiary alicyclic amines) is 1. The number of carbonyl (C=O) groups excluding carboxylic acids is 1. The van der Waals surface area contributed by atoms with Crippen molar-refractivity contribution in [2.24, 2.45) is 5.92 Å². The molecule has 6 heteroatoms. The molecular formula is C18H30N4OS. The van der Waals surface area contributed by atoms with Crippen molar-refractivity contribution >= 4 is 17.7 Å². The molecule has 1 aromatic heterocycles. The Balaban J connectivity index is 1.98. The van der Waals surface area contributed by atoms with Crippen LogP contribution < -0.4 is 5.32 Å². The maximum atomic E-state index is 12.0. The first kappa shape index (κ1) is 19.2. The van der Waals surface area contributed by atoms with Crippen LogP contribution in [0.2, 0.25) is 0 Å². The quantitative estimate of drug-likeness (QED) is 0.781. The average Bonchev–Trinajstić information content (AvgIpc) is 2.89. The van der Waals surface area contributed by atoms with Gasteiger partial charge in [-0.25, -0.2) is 9.97 Å². The second-order valence-electron chi connectivity index (χ2n) is 6.91. The minimum Gasteiger partial charge on any atom is -0.351 e. The Morgan fingerprint density at radius 3 is 2.92 bits per heavy atom. The average molecular weight is 351 g/mol. The van der Waals surface area contributed by atoms with Gasteiger partial charge in [-0.15, -0.1) is 0 Å². The van der Waals surface area contributed by atoms with Crippen LogP contribution in [0.1, 0.15) is 51.0 Å². The minimum atomic E-state index is 0.152. The van der Waals surface area contributed by atoms with Crippen molar-refractivity contribution in [3.63, 3.8) is 0 Å². The van der Waals surface area contributed by atoms with E-state index in [4.69, 9.17) is 0 Å². The van der Waals surface area contributed by atoms with Crippen molar-refractivity contribution in [1.82, 2.24) is 20.2 Å². The largest absolute Gasteiger partial charge is 0.351 e. The van der Waals surface area contributed by atoms with Gasteiger partial charge in [0, 0.05) is 37.8 Å². The number of carbonyl (C=O) groups is 1. The standard InChI is InChI=1S/C18H30N4OS/c1-5-6-14-9-22(11-16(14)21-17(23)12-24-4)10-15-7-8-19-18(20-15)13(2)3/h7-8,13-14,16H,5-6,9-12H2,1-4H3,(H,21,23)/t14-,16-/m0/s1. The van der Waals surface area contributed by atoms with Crippen molar-refractivity contribution in [1.29, 1.82) is 0 Å². The molecule has 1 amide bonds. The number of nitrogens with one attached hydrogen (secondary N) is 1. The van der Waals surface area contributed by atoms with Crippen LogP contribution in [0.5, 0.6) is 0 Å². The lowest BCUT2D eigenvalue weighted by Gasteiger charge is -2.19. The Morgan fingerprint density at radius 2 is 2.25 bits per heavy atom. The Morgan fingerprint density at radius 1 is 1.46 bits per heavy atom. The van der Waals surface area contributed by atoms with Gasteiger partial charge < -0.3 is 5.32 Å². The van der Waals surface area contributed by atoms with Gasteiger partial charge in [0.25, 0.3) is 0 Å². The summed E-state index contributed by atoms with van der Waals surface area (Å²) >= 11 is 1.57. The smallest absolute Gasteiger partial charge is 0.230 e. The molecule has 24 heavy (non-hydrogen) atoms. The van der Waals surface area contributed by atoms with Crippen LogP contribution in [-0.2, 0) is 11.3 Å². The molecule has 1 saturated heterocycles. The molecule has 2 heterocycles. The minimum absolute atomic E-state index is 0.152. The van der Waals surface area contributed by atoms with Crippen LogP contribution in [-0.4, -0.2) is 51.9 Å². The molecule has 1 aliphatic rings. The summed E-state index contributed by atoms with van der Waals surface area (Å²) in [5.41, 5.74) is 1.07. The zero-order valence-corrected chi connectivity index (χ0v) is 16.1. The Hall–Kier alpha value is -1.14. The van der Waals surface area contributed by atoms with Gasteiger partial charge >= 0.3 is 0 Å². The molecule has 1 fully saturated rings. The zero-order chi connectivity index (χ0) is 17.5. The molecule has 0 aromatic carbocycles. The highest BCUT2D eigenvalue weighted by Crippen LogP contribution is 2.23. The molecule has 0 spiro atoms. The molecule has 1 aromatic rings. The fraction of sp³-hybridized carbons (Fsp3) is 0.722. The van der Waals surface area contributed by atoms with Gasteiger partial charge in [0.15, 0.2) is 0 Å². The van der Waals surface area contributed by atoms with Crippen LogP contribution in [0.3, 0.4) is 0 Å². The summed E-state index contributed by atoms with van der Waals surface area (Å²) < 4.78 is 0. The van der Waals surface area contributed by atoms with E-state index >= 15 is 0 Å². The summed E-state index contributed by atoms with van der Waals surface area (Å²) in [6.07, 6.45) is 6.13. The molecule has 0 radical (unpaired) electrons. The van der Waals surface area contributed by atoms with Gasteiger partial charge in [0.1, 0.15) is 5.82 Å². The Labute approximate surface area is 150 Å². The first-order valence-electron chi connectivity index (χ1n) is 8.86. The normalized spacial score (nSPS) is 21.4. The first-order chi connectivity index (χ1) is 11.5. The third-order valence-electron chi connectivity index (χ3n) is 4.43. The molecule has 1 N–H and O–H groups in total. The van der Waals surface area contributed by atoms with E-state index < -0.39 is 0 Å². The lowest BCUT2D eigenvalue weighted by Crippen LogP contribution is -2.41. The molecule has 134 valence electrons. The first-order valence-corrected chi connectivity index (χ1v) is 10.2. The van der Waals surface area contributed by atoms with E-state index in [1.54, 1.807) is 11.8 Å². The van der Waals surface area contributed by atoms with E-state index in [1.807, 2.05) is 18.5 Å². The maximum absolute atomic E-state index is 12.0. The molecule has 0 aliphatic carbocycles. The number of nitrogens with zero attached hydrogens (tertiary/aromatic N) is 3. The van der Waals surface area contributed by atoms with Crippen molar-refractivity contribution in [3.05, 3.63) is 23.8 Å². The Bertz CT molecular complexity index is 538. The number of aromatic nitrogens is 2. The van der Waals surface area contributed by atoms with Crippen molar-refractivity contribution < 1.29 is 4.79 Å². The van der Waals surface area contributed by atoms with Crippen molar-refractivity contribution in [2.45, 2.75) is 52.1 Å². The van der Waals surface area contributed by atoms with Gasteiger partial charge in [0.2, 0.25) is 5.91 Å². The summed E-state index contributed by atoms with van der Waals surface area (Å²) in [5, 5.41) is 3.23. The second-order valence-corrected chi connectivity index (χ2v) is 7.78. The van der Waals surface area contributed by atoms with Crippen LogP contribution in [0.15, 0.2) is 12.3 Å². The molecule has 1 aliphatic heterocycles. The van der Waals surface area contributed by atoms with Crippen molar-refractivity contribution in [3.8, 4) is 0 Å². The molecule has 2 atom stereocenters. The van der Waals surface area contributed by atoms with Crippen LogP contribution in [0, 0.1) is 5.92 Å².